The number of ether oxygens (including phenoxy) is 7. The standard InChI is InChI=1S/C20H32INO11/c1-12(23)22-17-19(32-15(4)26)18(31-14(3)25)16(11-30-13(2)24)33-20(17)29-10-9-28-8-7-27-6-5-21/h16-20H,5-11H2,1-4H3,(H,22,23)/t16-,17-,18+,19-,20-/m1/s1. The molecule has 1 heterocycles. The Hall–Kier alpha value is -1.55. The van der Waals surface area contributed by atoms with Gasteiger partial charge in [-0.05, 0) is 0 Å². The second kappa shape index (κ2) is 16.1. The van der Waals surface area contributed by atoms with Crippen LogP contribution in [-0.2, 0) is 52.3 Å². The molecule has 0 aromatic rings. The van der Waals surface area contributed by atoms with Crippen molar-refractivity contribution < 1.29 is 52.3 Å². The van der Waals surface area contributed by atoms with E-state index >= 15 is 0 Å². The molecule has 5 atom stereocenters. The summed E-state index contributed by atoms with van der Waals surface area (Å²) in [5.74, 6) is -2.37. The van der Waals surface area contributed by atoms with Crippen molar-refractivity contribution in [3.8, 4) is 0 Å². The molecule has 1 fully saturated rings. The van der Waals surface area contributed by atoms with Gasteiger partial charge in [-0.25, -0.2) is 0 Å². The number of amides is 1. The van der Waals surface area contributed by atoms with E-state index in [0.29, 0.717) is 19.8 Å². The highest BCUT2D eigenvalue weighted by molar-refractivity contribution is 14.1. The molecule has 0 saturated carbocycles. The molecule has 1 N–H and O–H groups in total. The molecule has 33 heavy (non-hydrogen) atoms. The molecule has 12 nitrogen and oxygen atoms in total. The largest absolute Gasteiger partial charge is 0.463 e. The minimum atomic E-state index is -1.16. The van der Waals surface area contributed by atoms with E-state index in [1.807, 2.05) is 0 Å². The fraction of sp³-hybridized carbons (Fsp3) is 0.800. The Morgan fingerprint density at radius 3 is 1.94 bits per heavy atom. The van der Waals surface area contributed by atoms with Gasteiger partial charge in [0.25, 0.3) is 0 Å². The average Bonchev–Trinajstić information content (AvgIpc) is 2.71. The van der Waals surface area contributed by atoms with E-state index < -0.39 is 54.5 Å². The predicted octanol–water partition coefficient (Wildman–Crippen LogP) is 0.127. The number of alkyl halides is 1. The summed E-state index contributed by atoms with van der Waals surface area (Å²) in [6.07, 6.45) is -4.44. The average molecular weight is 589 g/mol. The van der Waals surface area contributed by atoms with Crippen LogP contribution < -0.4 is 5.32 Å². The van der Waals surface area contributed by atoms with Crippen LogP contribution >= 0.6 is 22.6 Å². The predicted molar refractivity (Wildman–Crippen MR) is 120 cm³/mol. The Morgan fingerprint density at radius 2 is 1.39 bits per heavy atom. The third kappa shape index (κ3) is 11.9. The SMILES string of the molecule is CC(=O)N[C@H]1[C@H](OCCOCCOCCI)O[C@H](COC(C)=O)[C@H](OC(C)=O)[C@@H]1OC(C)=O. The van der Waals surface area contributed by atoms with Crippen molar-refractivity contribution in [2.24, 2.45) is 0 Å². The molecule has 1 amide bonds. The second-order valence-electron chi connectivity index (χ2n) is 7.00. The van der Waals surface area contributed by atoms with E-state index in [9.17, 15) is 19.2 Å². The zero-order chi connectivity index (χ0) is 24.8. The van der Waals surface area contributed by atoms with Crippen LogP contribution in [0.2, 0.25) is 0 Å². The molecule has 0 spiro atoms. The lowest BCUT2D eigenvalue weighted by Gasteiger charge is -2.44. The summed E-state index contributed by atoms with van der Waals surface area (Å²) in [6.45, 7) is 6.29. The fourth-order valence-electron chi connectivity index (χ4n) is 3.03. The molecule has 1 rings (SSSR count). The van der Waals surface area contributed by atoms with Gasteiger partial charge in [0, 0.05) is 32.1 Å². The number of carbonyl (C=O) groups is 4. The Morgan fingerprint density at radius 1 is 0.818 bits per heavy atom. The maximum Gasteiger partial charge on any atom is 0.303 e. The molecule has 0 unspecified atom stereocenters. The first-order valence-corrected chi connectivity index (χ1v) is 11.9. The summed E-state index contributed by atoms with van der Waals surface area (Å²) in [5.41, 5.74) is 0. The second-order valence-corrected chi connectivity index (χ2v) is 8.08. The summed E-state index contributed by atoms with van der Waals surface area (Å²) in [7, 11) is 0. The van der Waals surface area contributed by atoms with Crippen molar-refractivity contribution in [1.29, 1.82) is 0 Å². The molecular weight excluding hydrogens is 557 g/mol. The van der Waals surface area contributed by atoms with Gasteiger partial charge in [0.2, 0.25) is 5.91 Å². The summed E-state index contributed by atoms with van der Waals surface area (Å²) in [5, 5.41) is 2.62. The number of rotatable bonds is 14. The maximum atomic E-state index is 11.8. The molecule has 0 aliphatic carbocycles. The van der Waals surface area contributed by atoms with E-state index in [1.54, 1.807) is 0 Å². The van der Waals surface area contributed by atoms with Crippen LogP contribution in [0.15, 0.2) is 0 Å². The fourth-order valence-corrected chi connectivity index (χ4v) is 3.34. The molecular formula is C20H32INO11. The summed E-state index contributed by atoms with van der Waals surface area (Å²) < 4.78 is 39.0. The molecule has 0 bridgehead atoms. The van der Waals surface area contributed by atoms with Crippen LogP contribution in [0.3, 0.4) is 0 Å². The van der Waals surface area contributed by atoms with Gasteiger partial charge in [0.15, 0.2) is 18.5 Å². The number of carbonyl (C=O) groups excluding carboxylic acids is 4. The minimum Gasteiger partial charge on any atom is -0.463 e. The number of halogens is 1. The lowest BCUT2D eigenvalue weighted by atomic mass is 9.96. The van der Waals surface area contributed by atoms with E-state index in [-0.39, 0.29) is 19.8 Å². The topological polar surface area (TPSA) is 145 Å². The number of hydrogen-bond acceptors (Lipinski definition) is 11. The van der Waals surface area contributed by atoms with Crippen molar-refractivity contribution in [3.63, 3.8) is 0 Å². The van der Waals surface area contributed by atoms with Crippen molar-refractivity contribution in [2.45, 2.75) is 58.3 Å². The zero-order valence-corrected chi connectivity index (χ0v) is 21.4. The van der Waals surface area contributed by atoms with Gasteiger partial charge in [-0.1, -0.05) is 22.6 Å². The van der Waals surface area contributed by atoms with Crippen molar-refractivity contribution in [1.82, 2.24) is 5.32 Å². The molecule has 1 saturated heterocycles. The van der Waals surface area contributed by atoms with Crippen LogP contribution in [0.4, 0.5) is 0 Å². The quantitative estimate of drug-likeness (QED) is 0.0971. The Balaban J connectivity index is 2.95. The first-order chi connectivity index (χ1) is 15.6. The number of hydrogen-bond donors (Lipinski definition) is 1. The molecule has 0 aromatic carbocycles. The molecule has 0 aromatic heterocycles. The zero-order valence-electron chi connectivity index (χ0n) is 19.2. The highest BCUT2D eigenvalue weighted by Gasteiger charge is 2.51. The maximum absolute atomic E-state index is 11.8. The lowest BCUT2D eigenvalue weighted by molar-refractivity contribution is -0.279. The normalized spacial score (nSPS) is 24.6. The van der Waals surface area contributed by atoms with Crippen LogP contribution in [0.1, 0.15) is 27.7 Å². The van der Waals surface area contributed by atoms with Gasteiger partial charge >= 0.3 is 17.9 Å². The highest BCUT2D eigenvalue weighted by Crippen LogP contribution is 2.28. The third-order valence-electron chi connectivity index (χ3n) is 4.17. The van der Waals surface area contributed by atoms with Crippen LogP contribution in [-0.4, -0.2) is 98.5 Å². The summed E-state index contributed by atoms with van der Waals surface area (Å²) >= 11 is 2.21. The molecule has 1 aliphatic heterocycles. The van der Waals surface area contributed by atoms with Gasteiger partial charge in [-0.3, -0.25) is 19.2 Å². The molecule has 0 radical (unpaired) electrons. The Kier molecular flexibility index (Phi) is 14.4. The van der Waals surface area contributed by atoms with Crippen molar-refractivity contribution in [3.05, 3.63) is 0 Å². The van der Waals surface area contributed by atoms with Crippen molar-refractivity contribution in [2.75, 3.05) is 44.1 Å². The Labute approximate surface area is 206 Å². The van der Waals surface area contributed by atoms with Crippen LogP contribution in [0.25, 0.3) is 0 Å². The third-order valence-corrected chi connectivity index (χ3v) is 4.61. The number of nitrogens with one attached hydrogen (secondary N) is 1. The van der Waals surface area contributed by atoms with Crippen LogP contribution in [0.5, 0.6) is 0 Å². The van der Waals surface area contributed by atoms with E-state index in [1.165, 1.54) is 27.7 Å². The smallest absolute Gasteiger partial charge is 0.303 e. The summed E-state index contributed by atoms with van der Waals surface area (Å²) in [6, 6.07) is -1.00. The van der Waals surface area contributed by atoms with Gasteiger partial charge in [-0.15, -0.1) is 0 Å². The molecule has 190 valence electrons. The molecule has 13 heteroatoms. The van der Waals surface area contributed by atoms with Gasteiger partial charge in [0.05, 0.1) is 33.0 Å². The first kappa shape index (κ1) is 29.5. The monoisotopic (exact) mass is 589 g/mol. The lowest BCUT2D eigenvalue weighted by Crippen LogP contribution is -2.66. The van der Waals surface area contributed by atoms with Gasteiger partial charge < -0.3 is 38.5 Å². The van der Waals surface area contributed by atoms with Gasteiger partial charge in [0.1, 0.15) is 18.8 Å². The number of esters is 3. The highest BCUT2D eigenvalue weighted by atomic mass is 127. The molecule has 1 aliphatic rings. The van der Waals surface area contributed by atoms with E-state index in [2.05, 4.69) is 27.9 Å². The minimum absolute atomic E-state index is 0.0817. The van der Waals surface area contributed by atoms with Crippen LogP contribution in [0, 0.1) is 0 Å². The van der Waals surface area contributed by atoms with Crippen molar-refractivity contribution >= 4 is 46.4 Å². The van der Waals surface area contributed by atoms with E-state index in [4.69, 9.17) is 33.2 Å². The summed E-state index contributed by atoms with van der Waals surface area (Å²) in [4.78, 5) is 46.6. The first-order valence-electron chi connectivity index (χ1n) is 10.4. The van der Waals surface area contributed by atoms with Gasteiger partial charge in [-0.2, -0.15) is 0 Å². The Bertz CT molecular complexity index is 648. The van der Waals surface area contributed by atoms with E-state index in [0.717, 1.165) is 4.43 Å².